The van der Waals surface area contributed by atoms with E-state index in [1.165, 1.54) is 6.07 Å². The van der Waals surface area contributed by atoms with Crippen molar-refractivity contribution in [3.05, 3.63) is 119 Å². The number of halogens is 2. The largest absolute Gasteiger partial charge is 0.274 e. The smallest absolute Gasteiger partial charge is 0.238 e. The molecule has 1 saturated carbocycles. The molecule has 0 N–H and O–H groups in total. The van der Waals surface area contributed by atoms with E-state index < -0.39 is 41.0 Å². The molecule has 1 saturated heterocycles. The summed E-state index contributed by atoms with van der Waals surface area (Å²) in [5, 5.41) is 0. The van der Waals surface area contributed by atoms with E-state index in [0.717, 1.165) is 39.3 Å². The summed E-state index contributed by atoms with van der Waals surface area (Å²) in [6, 6.07) is 23.2. The lowest BCUT2D eigenvalue weighted by Gasteiger charge is -2.22. The van der Waals surface area contributed by atoms with Gasteiger partial charge in [-0.3, -0.25) is 9.59 Å². The number of carbonyl (C=O) groups excluding carboxylic acids is 2. The molecule has 3 aliphatic rings. The minimum absolute atomic E-state index is 0.299. The molecule has 3 aromatic rings. The quantitative estimate of drug-likeness (QED) is 0.406. The number of allylic oxidation sites excluding steroid dienone is 3. The summed E-state index contributed by atoms with van der Waals surface area (Å²) in [6.07, 6.45) is 3.94. The van der Waals surface area contributed by atoms with Crippen molar-refractivity contribution in [2.24, 2.45) is 23.7 Å². The molecule has 2 aliphatic carbocycles. The van der Waals surface area contributed by atoms with Crippen LogP contribution >= 0.6 is 0 Å². The average molecular weight is 439 g/mol. The third-order valence-corrected chi connectivity index (χ3v) is 6.99. The lowest BCUT2D eigenvalue weighted by atomic mass is 9.85. The van der Waals surface area contributed by atoms with Gasteiger partial charge in [0.2, 0.25) is 11.8 Å². The summed E-state index contributed by atoms with van der Waals surface area (Å²) in [6.45, 7) is 0. The summed E-state index contributed by atoms with van der Waals surface area (Å²) in [7, 11) is 0. The molecule has 3 nitrogen and oxygen atoms in total. The molecule has 0 unspecified atom stereocenters. The summed E-state index contributed by atoms with van der Waals surface area (Å²) < 4.78 is 28.9. The van der Waals surface area contributed by atoms with Gasteiger partial charge >= 0.3 is 0 Å². The molecule has 3 aromatic carbocycles. The van der Waals surface area contributed by atoms with Crippen molar-refractivity contribution in [1.29, 1.82) is 0 Å². The van der Waals surface area contributed by atoms with Crippen molar-refractivity contribution in [2.75, 3.05) is 4.90 Å². The first-order valence-electron chi connectivity index (χ1n) is 10.9. The van der Waals surface area contributed by atoms with Gasteiger partial charge in [-0.25, -0.2) is 13.7 Å². The number of anilines is 1. The molecule has 1 heterocycles. The molecule has 6 rings (SSSR count). The van der Waals surface area contributed by atoms with Crippen LogP contribution in [0, 0.1) is 35.3 Å². The number of benzene rings is 3. The Hall–Kier alpha value is -3.86. The van der Waals surface area contributed by atoms with Gasteiger partial charge in [0.1, 0.15) is 17.3 Å². The maximum Gasteiger partial charge on any atom is 0.238 e. The Morgan fingerprint density at radius 3 is 1.55 bits per heavy atom. The second-order valence-electron chi connectivity index (χ2n) is 8.63. The Balaban J connectivity index is 1.50. The number of imide groups is 1. The SMILES string of the molecule is O=C1[C@H]2[C@H](C(=O)N1c1c(F)cccc1F)[C@H]1C=C[C@H]2C1=C(c1ccccc1)c1ccccc1. The number of fused-ring (bicyclic) bond motifs is 5. The lowest BCUT2D eigenvalue weighted by Crippen LogP contribution is -2.34. The molecule has 33 heavy (non-hydrogen) atoms. The predicted octanol–water partition coefficient (Wildman–Crippen LogP) is 5.39. The van der Waals surface area contributed by atoms with Crippen molar-refractivity contribution in [3.63, 3.8) is 0 Å². The van der Waals surface area contributed by atoms with Crippen LogP contribution in [0.25, 0.3) is 5.57 Å². The first-order chi connectivity index (χ1) is 16.1. The predicted molar refractivity (Wildman–Crippen MR) is 121 cm³/mol. The second kappa shape index (κ2) is 7.34. The van der Waals surface area contributed by atoms with Gasteiger partial charge in [-0.1, -0.05) is 78.9 Å². The first-order valence-corrected chi connectivity index (χ1v) is 10.9. The molecule has 2 fully saturated rings. The third kappa shape index (κ3) is 2.78. The highest BCUT2D eigenvalue weighted by molar-refractivity contribution is 6.23. The highest BCUT2D eigenvalue weighted by Gasteiger charge is 2.63. The number of hydrogen-bond donors (Lipinski definition) is 0. The van der Waals surface area contributed by atoms with Crippen molar-refractivity contribution in [2.45, 2.75) is 0 Å². The molecule has 5 heteroatoms. The van der Waals surface area contributed by atoms with Crippen molar-refractivity contribution in [1.82, 2.24) is 0 Å². The molecule has 162 valence electrons. The fourth-order valence-electron chi connectivity index (χ4n) is 5.73. The Morgan fingerprint density at radius 2 is 1.09 bits per heavy atom. The average Bonchev–Trinajstić information content (AvgIpc) is 3.46. The van der Waals surface area contributed by atoms with Gasteiger partial charge in [-0.2, -0.15) is 0 Å². The van der Waals surface area contributed by atoms with Crippen LogP contribution in [0.5, 0.6) is 0 Å². The molecule has 0 aromatic heterocycles. The van der Waals surface area contributed by atoms with Crippen molar-refractivity contribution in [3.8, 4) is 0 Å². The van der Waals surface area contributed by atoms with Crippen molar-refractivity contribution >= 4 is 23.1 Å². The van der Waals surface area contributed by atoms with Crippen LogP contribution in [0.2, 0.25) is 0 Å². The fraction of sp³-hybridized carbons (Fsp3) is 0.143. The van der Waals surface area contributed by atoms with Crippen LogP contribution < -0.4 is 4.90 Å². The molecule has 1 aliphatic heterocycles. The van der Waals surface area contributed by atoms with Gasteiger partial charge in [-0.15, -0.1) is 0 Å². The van der Waals surface area contributed by atoms with Crippen LogP contribution in [0.15, 0.2) is 96.6 Å². The molecule has 0 spiro atoms. The van der Waals surface area contributed by atoms with Gasteiger partial charge < -0.3 is 0 Å². The Bertz CT molecular complexity index is 1250. The zero-order chi connectivity index (χ0) is 22.7. The number of hydrogen-bond acceptors (Lipinski definition) is 2. The second-order valence-corrected chi connectivity index (χ2v) is 8.63. The minimum atomic E-state index is -0.915. The van der Waals surface area contributed by atoms with Gasteiger partial charge in [0.25, 0.3) is 0 Å². The van der Waals surface area contributed by atoms with E-state index in [1.54, 1.807) is 0 Å². The first kappa shape index (κ1) is 19.8. The fourth-order valence-corrected chi connectivity index (χ4v) is 5.73. The summed E-state index contributed by atoms with van der Waals surface area (Å²) in [5.41, 5.74) is 3.48. The summed E-state index contributed by atoms with van der Waals surface area (Å²) in [4.78, 5) is 27.6. The van der Waals surface area contributed by atoms with E-state index in [9.17, 15) is 18.4 Å². The van der Waals surface area contributed by atoms with Crippen LogP contribution in [-0.4, -0.2) is 11.8 Å². The third-order valence-electron chi connectivity index (χ3n) is 6.99. The van der Waals surface area contributed by atoms with Gasteiger partial charge in [0, 0.05) is 11.8 Å². The minimum Gasteiger partial charge on any atom is -0.274 e. The van der Waals surface area contributed by atoms with E-state index in [4.69, 9.17) is 0 Å². The molecular formula is C28H19F2NO2. The number of amides is 2. The zero-order valence-electron chi connectivity index (χ0n) is 17.5. The molecular weight excluding hydrogens is 420 g/mol. The van der Waals surface area contributed by atoms with E-state index in [0.29, 0.717) is 0 Å². The van der Waals surface area contributed by atoms with Gasteiger partial charge in [-0.05, 0) is 34.4 Å². The number of para-hydroxylation sites is 1. The van der Waals surface area contributed by atoms with Crippen LogP contribution in [0.3, 0.4) is 0 Å². The Kier molecular flexibility index (Phi) is 4.40. The topological polar surface area (TPSA) is 37.4 Å². The molecule has 4 atom stereocenters. The normalized spacial score (nSPS) is 25.2. The molecule has 2 amide bonds. The monoisotopic (exact) mass is 439 g/mol. The van der Waals surface area contributed by atoms with Crippen LogP contribution in [-0.2, 0) is 9.59 Å². The van der Waals surface area contributed by atoms with E-state index in [2.05, 4.69) is 0 Å². The highest BCUT2D eigenvalue weighted by Crippen LogP contribution is 2.59. The number of nitrogens with zero attached hydrogens (tertiary/aromatic N) is 1. The van der Waals surface area contributed by atoms with E-state index in [1.807, 2.05) is 72.8 Å². The van der Waals surface area contributed by atoms with E-state index >= 15 is 0 Å². The van der Waals surface area contributed by atoms with E-state index in [-0.39, 0.29) is 11.8 Å². The van der Waals surface area contributed by atoms with Gasteiger partial charge in [0.15, 0.2) is 0 Å². The van der Waals surface area contributed by atoms with Crippen LogP contribution in [0.1, 0.15) is 11.1 Å². The maximum absolute atomic E-state index is 14.5. The number of rotatable bonds is 3. The van der Waals surface area contributed by atoms with Crippen molar-refractivity contribution < 1.29 is 18.4 Å². The molecule has 0 radical (unpaired) electrons. The maximum atomic E-state index is 14.5. The van der Waals surface area contributed by atoms with Crippen LogP contribution in [0.4, 0.5) is 14.5 Å². The number of carbonyl (C=O) groups is 2. The lowest BCUT2D eigenvalue weighted by molar-refractivity contribution is -0.123. The Morgan fingerprint density at radius 1 is 0.636 bits per heavy atom. The Labute approximate surface area is 189 Å². The highest BCUT2D eigenvalue weighted by atomic mass is 19.1. The summed E-state index contributed by atoms with van der Waals surface area (Å²) >= 11 is 0. The zero-order valence-corrected chi connectivity index (χ0v) is 17.5. The van der Waals surface area contributed by atoms with Gasteiger partial charge in [0.05, 0.1) is 11.8 Å². The molecule has 2 bridgehead atoms. The summed E-state index contributed by atoms with van der Waals surface area (Å²) in [5.74, 6) is -4.83. The standard InChI is InChI=1S/C28H19F2NO2/c29-20-12-7-13-21(30)26(20)31-27(32)24-18-14-15-19(25(24)28(31)33)23(18)22(16-8-3-1-4-9-16)17-10-5-2-6-11-17/h1-15,18-19,24-25H/t18-,19-,24+,25+/m0/s1.